The van der Waals surface area contributed by atoms with Gasteiger partial charge in [-0.05, 0) is 42.6 Å². The molecule has 0 heterocycles. The molecule has 1 N–H and O–H groups in total. The van der Waals surface area contributed by atoms with E-state index in [9.17, 15) is 4.79 Å². The Labute approximate surface area is 153 Å². The third-order valence-electron chi connectivity index (χ3n) is 4.00. The normalized spacial score (nSPS) is 11.1. The number of hydrogen-bond acceptors (Lipinski definition) is 2. The molecular formula is C20H25BrN2O. The fourth-order valence-corrected chi connectivity index (χ4v) is 3.15. The zero-order chi connectivity index (χ0) is 17.7. The Balaban J connectivity index is 2.02. The van der Waals surface area contributed by atoms with Crippen molar-refractivity contribution in [1.29, 1.82) is 0 Å². The van der Waals surface area contributed by atoms with Gasteiger partial charge < -0.3 is 5.32 Å². The molecule has 2 aromatic carbocycles. The zero-order valence-corrected chi connectivity index (χ0v) is 16.4. The van der Waals surface area contributed by atoms with Gasteiger partial charge in [-0.1, -0.05) is 66.2 Å². The van der Waals surface area contributed by atoms with Gasteiger partial charge in [0.2, 0.25) is 5.91 Å². The second kappa shape index (κ2) is 8.45. The number of aryl methyl sites for hydroxylation is 1. The van der Waals surface area contributed by atoms with Gasteiger partial charge in [-0.15, -0.1) is 0 Å². The molecule has 0 aliphatic heterocycles. The van der Waals surface area contributed by atoms with Crippen LogP contribution in [0.4, 0.5) is 5.69 Å². The number of carbonyl (C=O) groups excluding carboxylic acids is 1. The summed E-state index contributed by atoms with van der Waals surface area (Å²) >= 11 is 3.55. The number of amides is 1. The molecule has 0 radical (unpaired) electrons. The monoisotopic (exact) mass is 388 g/mol. The van der Waals surface area contributed by atoms with Gasteiger partial charge in [-0.3, -0.25) is 9.69 Å². The lowest BCUT2D eigenvalue weighted by molar-refractivity contribution is -0.117. The number of nitrogens with zero attached hydrogens (tertiary/aromatic N) is 1. The van der Waals surface area contributed by atoms with E-state index >= 15 is 0 Å². The average Bonchev–Trinajstić information content (AvgIpc) is 2.51. The Hall–Kier alpha value is -1.65. The fraction of sp³-hybridized carbons (Fsp3) is 0.350. The number of para-hydroxylation sites is 1. The highest BCUT2D eigenvalue weighted by molar-refractivity contribution is 9.10. The number of benzene rings is 2. The van der Waals surface area contributed by atoms with Gasteiger partial charge in [0.25, 0.3) is 0 Å². The molecule has 0 bridgehead atoms. The van der Waals surface area contributed by atoms with Gasteiger partial charge in [0, 0.05) is 16.7 Å². The summed E-state index contributed by atoms with van der Waals surface area (Å²) in [6.45, 7) is 7.39. The van der Waals surface area contributed by atoms with Gasteiger partial charge in [0.05, 0.1) is 6.54 Å². The van der Waals surface area contributed by atoms with Crippen molar-refractivity contribution < 1.29 is 4.79 Å². The molecule has 0 aliphatic carbocycles. The van der Waals surface area contributed by atoms with E-state index in [0.717, 1.165) is 22.3 Å². The highest BCUT2D eigenvalue weighted by Gasteiger charge is 2.14. The van der Waals surface area contributed by atoms with Crippen molar-refractivity contribution in [3.8, 4) is 0 Å². The van der Waals surface area contributed by atoms with Crippen molar-refractivity contribution in [1.82, 2.24) is 4.90 Å². The van der Waals surface area contributed by atoms with Crippen LogP contribution >= 0.6 is 15.9 Å². The van der Waals surface area contributed by atoms with Gasteiger partial charge in [-0.25, -0.2) is 0 Å². The Morgan fingerprint density at radius 1 is 1.17 bits per heavy atom. The van der Waals surface area contributed by atoms with E-state index in [0.29, 0.717) is 12.5 Å². The Morgan fingerprint density at radius 3 is 2.54 bits per heavy atom. The zero-order valence-electron chi connectivity index (χ0n) is 14.8. The van der Waals surface area contributed by atoms with E-state index in [1.807, 2.05) is 49.2 Å². The van der Waals surface area contributed by atoms with Crippen LogP contribution in [0.25, 0.3) is 0 Å². The molecule has 0 unspecified atom stereocenters. The summed E-state index contributed by atoms with van der Waals surface area (Å²) in [5.74, 6) is 0.388. The topological polar surface area (TPSA) is 32.3 Å². The average molecular weight is 389 g/mol. The summed E-state index contributed by atoms with van der Waals surface area (Å²) in [5, 5.41) is 3.10. The quantitative estimate of drug-likeness (QED) is 0.758. The Kier molecular flexibility index (Phi) is 6.58. The maximum absolute atomic E-state index is 12.5. The van der Waals surface area contributed by atoms with Crippen LogP contribution in [0, 0.1) is 6.92 Å². The SMILES string of the molecule is Cc1cccc(C(C)C)c1NC(=O)CN(C)Cc1ccccc1Br. The molecule has 4 heteroatoms. The summed E-state index contributed by atoms with van der Waals surface area (Å²) in [7, 11) is 1.96. The minimum absolute atomic E-state index is 0.0146. The molecule has 0 atom stereocenters. The molecule has 24 heavy (non-hydrogen) atoms. The first-order chi connectivity index (χ1) is 11.4. The van der Waals surface area contributed by atoms with E-state index in [1.54, 1.807) is 0 Å². The van der Waals surface area contributed by atoms with Gasteiger partial charge in [0.15, 0.2) is 0 Å². The molecular weight excluding hydrogens is 364 g/mol. The number of nitrogens with one attached hydrogen (secondary N) is 1. The third-order valence-corrected chi connectivity index (χ3v) is 4.78. The number of likely N-dealkylation sites (N-methyl/N-ethyl adjacent to an activating group) is 1. The maximum Gasteiger partial charge on any atom is 0.238 e. The van der Waals surface area contributed by atoms with Crippen LogP contribution in [-0.4, -0.2) is 24.4 Å². The lowest BCUT2D eigenvalue weighted by Crippen LogP contribution is -2.30. The van der Waals surface area contributed by atoms with E-state index in [4.69, 9.17) is 0 Å². The standard InChI is InChI=1S/C20H25BrN2O/c1-14(2)17-10-7-8-15(3)20(17)22-19(24)13-23(4)12-16-9-5-6-11-18(16)21/h5-11,14H,12-13H2,1-4H3,(H,22,24). The van der Waals surface area contributed by atoms with Crippen molar-refractivity contribution >= 4 is 27.5 Å². The summed E-state index contributed by atoms with van der Waals surface area (Å²) in [6.07, 6.45) is 0. The van der Waals surface area contributed by atoms with Crippen LogP contribution in [0.15, 0.2) is 46.9 Å². The molecule has 0 fully saturated rings. The smallest absolute Gasteiger partial charge is 0.238 e. The number of rotatable bonds is 6. The minimum Gasteiger partial charge on any atom is -0.324 e. The van der Waals surface area contributed by atoms with Crippen molar-refractivity contribution in [2.45, 2.75) is 33.2 Å². The van der Waals surface area contributed by atoms with Crippen molar-refractivity contribution in [2.24, 2.45) is 0 Å². The molecule has 0 aliphatic rings. The van der Waals surface area contributed by atoms with Crippen LogP contribution < -0.4 is 5.32 Å². The van der Waals surface area contributed by atoms with Crippen LogP contribution in [0.5, 0.6) is 0 Å². The lowest BCUT2D eigenvalue weighted by atomic mass is 9.98. The predicted octanol–water partition coefficient (Wildman–Crippen LogP) is 4.95. The molecule has 0 aromatic heterocycles. The maximum atomic E-state index is 12.5. The molecule has 128 valence electrons. The largest absolute Gasteiger partial charge is 0.324 e. The lowest BCUT2D eigenvalue weighted by Gasteiger charge is -2.20. The van der Waals surface area contributed by atoms with Crippen LogP contribution in [0.1, 0.15) is 36.5 Å². The van der Waals surface area contributed by atoms with Gasteiger partial charge in [-0.2, -0.15) is 0 Å². The molecule has 1 amide bonds. The number of anilines is 1. The van der Waals surface area contributed by atoms with E-state index < -0.39 is 0 Å². The van der Waals surface area contributed by atoms with Crippen molar-refractivity contribution in [3.63, 3.8) is 0 Å². The molecule has 2 rings (SSSR count). The predicted molar refractivity (Wildman–Crippen MR) is 104 cm³/mol. The van der Waals surface area contributed by atoms with Crippen molar-refractivity contribution in [2.75, 3.05) is 18.9 Å². The molecule has 2 aromatic rings. The molecule has 3 nitrogen and oxygen atoms in total. The van der Waals surface area contributed by atoms with E-state index in [1.165, 1.54) is 11.1 Å². The molecule has 0 spiro atoms. The summed E-state index contributed by atoms with van der Waals surface area (Å²) < 4.78 is 1.07. The Bertz CT molecular complexity index is 713. The molecule has 0 saturated heterocycles. The van der Waals surface area contributed by atoms with Crippen LogP contribution in [-0.2, 0) is 11.3 Å². The van der Waals surface area contributed by atoms with Gasteiger partial charge in [0.1, 0.15) is 0 Å². The fourth-order valence-electron chi connectivity index (χ4n) is 2.74. The first kappa shape index (κ1) is 18.7. The summed E-state index contributed by atoms with van der Waals surface area (Å²) in [5.41, 5.74) is 4.40. The van der Waals surface area contributed by atoms with Crippen molar-refractivity contribution in [3.05, 3.63) is 63.6 Å². The highest BCUT2D eigenvalue weighted by atomic mass is 79.9. The number of hydrogen-bond donors (Lipinski definition) is 1. The van der Waals surface area contributed by atoms with E-state index in [-0.39, 0.29) is 5.91 Å². The first-order valence-corrected chi connectivity index (χ1v) is 8.99. The van der Waals surface area contributed by atoms with E-state index in [2.05, 4.69) is 47.2 Å². The van der Waals surface area contributed by atoms with Gasteiger partial charge >= 0.3 is 0 Å². The van der Waals surface area contributed by atoms with Crippen LogP contribution in [0.3, 0.4) is 0 Å². The highest BCUT2D eigenvalue weighted by Crippen LogP contribution is 2.27. The summed E-state index contributed by atoms with van der Waals surface area (Å²) in [4.78, 5) is 14.5. The second-order valence-corrected chi connectivity index (χ2v) is 7.36. The first-order valence-electron chi connectivity index (χ1n) is 8.19. The Morgan fingerprint density at radius 2 is 1.88 bits per heavy atom. The summed E-state index contributed by atoms with van der Waals surface area (Å²) in [6, 6.07) is 14.2. The minimum atomic E-state index is 0.0146. The number of carbonyl (C=O) groups is 1. The molecule has 0 saturated carbocycles. The number of halogens is 1. The third kappa shape index (κ3) is 4.92. The van der Waals surface area contributed by atoms with Crippen LogP contribution in [0.2, 0.25) is 0 Å². The second-order valence-electron chi connectivity index (χ2n) is 6.51.